The van der Waals surface area contributed by atoms with Gasteiger partial charge in [0.25, 0.3) is 0 Å². The smallest absolute Gasteiger partial charge is 0.243 e. The molecule has 18 heavy (non-hydrogen) atoms. The normalized spacial score (nSPS) is 12.6. The molecule has 0 bridgehead atoms. The van der Waals surface area contributed by atoms with E-state index in [0.29, 0.717) is 18.1 Å². The van der Waals surface area contributed by atoms with Gasteiger partial charge in [0.1, 0.15) is 0 Å². The first kappa shape index (κ1) is 13.0. The Labute approximate surface area is 110 Å². The summed E-state index contributed by atoms with van der Waals surface area (Å²) in [6.45, 7) is 0. The molecule has 0 amide bonds. The third kappa shape index (κ3) is 3.54. The molecule has 2 aromatic rings. The Bertz CT molecular complexity index is 474. The van der Waals surface area contributed by atoms with Gasteiger partial charge in [-0.25, -0.2) is 0 Å². The molecular weight excluding hydrogens is 248 g/mol. The van der Waals surface area contributed by atoms with E-state index >= 15 is 0 Å². The molecule has 0 unspecified atom stereocenters. The topological polar surface area (TPSA) is 77.8 Å². The first-order chi connectivity index (χ1) is 8.79. The number of aromatic nitrogens is 3. The summed E-state index contributed by atoms with van der Waals surface area (Å²) in [5.74, 6) is 2.12. The molecule has 0 radical (unpaired) electrons. The molecule has 6 heteroatoms. The van der Waals surface area contributed by atoms with E-state index in [-0.39, 0.29) is 6.04 Å². The van der Waals surface area contributed by atoms with Crippen LogP contribution in [0.5, 0.6) is 0 Å². The summed E-state index contributed by atoms with van der Waals surface area (Å²) in [7, 11) is 0. The van der Waals surface area contributed by atoms with Crippen LogP contribution in [0.25, 0.3) is 0 Å². The Kier molecular flexibility index (Phi) is 4.72. The van der Waals surface area contributed by atoms with E-state index in [4.69, 9.17) is 10.3 Å². The van der Waals surface area contributed by atoms with Gasteiger partial charge in [-0.15, -0.1) is 0 Å². The van der Waals surface area contributed by atoms with Crippen LogP contribution in [0.2, 0.25) is 0 Å². The van der Waals surface area contributed by atoms with Gasteiger partial charge >= 0.3 is 0 Å². The molecule has 0 aliphatic carbocycles. The van der Waals surface area contributed by atoms with E-state index in [1.807, 2.05) is 24.5 Å². The summed E-state index contributed by atoms with van der Waals surface area (Å²) >= 11 is 1.75. The zero-order chi connectivity index (χ0) is 12.8. The molecule has 0 aliphatic heterocycles. The monoisotopic (exact) mass is 264 g/mol. The van der Waals surface area contributed by atoms with Crippen LogP contribution in [0, 0.1) is 0 Å². The van der Waals surface area contributed by atoms with Crippen molar-refractivity contribution in [2.45, 2.75) is 18.9 Å². The lowest BCUT2D eigenvalue weighted by molar-refractivity contribution is 0.349. The van der Waals surface area contributed by atoms with Gasteiger partial charge in [-0.2, -0.15) is 16.7 Å². The molecule has 5 nitrogen and oxygen atoms in total. The average Bonchev–Trinajstić information content (AvgIpc) is 2.86. The van der Waals surface area contributed by atoms with Gasteiger partial charge in [0.15, 0.2) is 5.82 Å². The SMILES string of the molecule is CSCC[C@@H](N)c1nc(Cc2ccccn2)no1. The summed E-state index contributed by atoms with van der Waals surface area (Å²) in [6.07, 6.45) is 5.21. The molecule has 0 aromatic carbocycles. The van der Waals surface area contributed by atoms with Crippen molar-refractivity contribution >= 4 is 11.8 Å². The third-order valence-corrected chi connectivity index (χ3v) is 3.14. The molecule has 96 valence electrons. The molecule has 1 atom stereocenters. The van der Waals surface area contributed by atoms with Gasteiger partial charge in [-0.1, -0.05) is 11.2 Å². The highest BCUT2D eigenvalue weighted by Gasteiger charge is 2.14. The summed E-state index contributed by atoms with van der Waals surface area (Å²) in [5.41, 5.74) is 6.88. The largest absolute Gasteiger partial charge is 0.338 e. The standard InChI is InChI=1S/C12H16N4OS/c1-18-7-5-10(13)12-15-11(16-17-12)8-9-4-2-3-6-14-9/h2-4,6,10H,5,7-8,13H2,1H3/t10-/m1/s1. The van der Waals surface area contributed by atoms with Crippen LogP contribution in [-0.2, 0) is 6.42 Å². The van der Waals surface area contributed by atoms with Crippen LogP contribution < -0.4 is 5.73 Å². The summed E-state index contributed by atoms with van der Waals surface area (Å²) in [6, 6.07) is 5.57. The summed E-state index contributed by atoms with van der Waals surface area (Å²) in [4.78, 5) is 8.53. The van der Waals surface area contributed by atoms with Crippen LogP contribution in [0.3, 0.4) is 0 Å². The molecule has 0 aliphatic rings. The number of thioether (sulfide) groups is 1. The molecule has 0 saturated heterocycles. The lowest BCUT2D eigenvalue weighted by atomic mass is 10.2. The van der Waals surface area contributed by atoms with E-state index in [1.165, 1.54) is 0 Å². The van der Waals surface area contributed by atoms with E-state index < -0.39 is 0 Å². The minimum absolute atomic E-state index is 0.178. The second-order valence-electron chi connectivity index (χ2n) is 3.93. The minimum atomic E-state index is -0.178. The van der Waals surface area contributed by atoms with Crippen LogP contribution in [-0.4, -0.2) is 27.1 Å². The molecule has 2 aromatic heterocycles. The maximum atomic E-state index is 5.96. The van der Waals surface area contributed by atoms with E-state index in [2.05, 4.69) is 15.1 Å². The van der Waals surface area contributed by atoms with E-state index in [1.54, 1.807) is 18.0 Å². The number of pyridine rings is 1. The maximum absolute atomic E-state index is 5.96. The highest BCUT2D eigenvalue weighted by molar-refractivity contribution is 7.98. The first-order valence-electron chi connectivity index (χ1n) is 5.76. The van der Waals surface area contributed by atoms with Gasteiger partial charge in [0, 0.05) is 11.9 Å². The highest BCUT2D eigenvalue weighted by atomic mass is 32.2. The van der Waals surface area contributed by atoms with Gasteiger partial charge in [-0.05, 0) is 30.6 Å². The zero-order valence-electron chi connectivity index (χ0n) is 10.2. The van der Waals surface area contributed by atoms with Crippen LogP contribution >= 0.6 is 11.8 Å². The van der Waals surface area contributed by atoms with Crippen LogP contribution in [0.15, 0.2) is 28.9 Å². The number of nitrogens with zero attached hydrogens (tertiary/aromatic N) is 3. The maximum Gasteiger partial charge on any atom is 0.243 e. The fourth-order valence-electron chi connectivity index (χ4n) is 1.52. The first-order valence-corrected chi connectivity index (χ1v) is 7.16. The Hall–Kier alpha value is -1.40. The Morgan fingerprint density at radius 2 is 2.33 bits per heavy atom. The van der Waals surface area contributed by atoms with Gasteiger partial charge in [0.05, 0.1) is 12.5 Å². The minimum Gasteiger partial charge on any atom is -0.338 e. The quantitative estimate of drug-likeness (QED) is 0.857. The van der Waals surface area contributed by atoms with E-state index in [0.717, 1.165) is 17.9 Å². The van der Waals surface area contributed by atoms with Crippen molar-refractivity contribution in [1.82, 2.24) is 15.1 Å². The predicted molar refractivity (Wildman–Crippen MR) is 71.3 cm³/mol. The van der Waals surface area contributed by atoms with Crippen molar-refractivity contribution in [3.63, 3.8) is 0 Å². The van der Waals surface area contributed by atoms with Crippen molar-refractivity contribution in [3.05, 3.63) is 41.8 Å². The van der Waals surface area contributed by atoms with Gasteiger partial charge in [-0.3, -0.25) is 4.98 Å². The van der Waals surface area contributed by atoms with E-state index in [9.17, 15) is 0 Å². The lowest BCUT2D eigenvalue weighted by Crippen LogP contribution is -2.11. The Morgan fingerprint density at radius 3 is 3.06 bits per heavy atom. The Morgan fingerprint density at radius 1 is 1.44 bits per heavy atom. The van der Waals surface area contributed by atoms with Crippen molar-refractivity contribution < 1.29 is 4.52 Å². The van der Waals surface area contributed by atoms with Crippen molar-refractivity contribution in [2.75, 3.05) is 12.0 Å². The average molecular weight is 264 g/mol. The molecule has 0 spiro atoms. The number of nitrogens with two attached hydrogens (primary N) is 1. The van der Waals surface area contributed by atoms with Crippen molar-refractivity contribution in [2.24, 2.45) is 5.73 Å². The fraction of sp³-hybridized carbons (Fsp3) is 0.417. The van der Waals surface area contributed by atoms with Gasteiger partial charge < -0.3 is 10.3 Å². The molecule has 2 rings (SSSR count). The van der Waals surface area contributed by atoms with Crippen molar-refractivity contribution in [1.29, 1.82) is 0 Å². The third-order valence-electron chi connectivity index (χ3n) is 2.50. The predicted octanol–water partition coefficient (Wildman–Crippen LogP) is 1.81. The molecule has 2 N–H and O–H groups in total. The van der Waals surface area contributed by atoms with Crippen LogP contribution in [0.4, 0.5) is 0 Å². The summed E-state index contributed by atoms with van der Waals surface area (Å²) < 4.78 is 5.17. The second kappa shape index (κ2) is 6.51. The highest BCUT2D eigenvalue weighted by Crippen LogP contribution is 2.14. The number of rotatable bonds is 6. The van der Waals surface area contributed by atoms with Crippen LogP contribution in [0.1, 0.15) is 29.9 Å². The molecular formula is C12H16N4OS. The lowest BCUT2D eigenvalue weighted by Gasteiger charge is -2.03. The summed E-state index contributed by atoms with van der Waals surface area (Å²) in [5, 5.41) is 3.93. The molecule has 0 saturated carbocycles. The Balaban J connectivity index is 1.98. The van der Waals surface area contributed by atoms with Gasteiger partial charge in [0.2, 0.25) is 5.89 Å². The fourth-order valence-corrected chi connectivity index (χ4v) is 2.01. The number of hydrogen-bond donors (Lipinski definition) is 1. The zero-order valence-corrected chi connectivity index (χ0v) is 11.1. The molecule has 0 fully saturated rings. The second-order valence-corrected chi connectivity index (χ2v) is 4.92. The molecule has 2 heterocycles. The van der Waals surface area contributed by atoms with Crippen molar-refractivity contribution in [3.8, 4) is 0 Å². The number of hydrogen-bond acceptors (Lipinski definition) is 6.